The van der Waals surface area contributed by atoms with Gasteiger partial charge in [0.2, 0.25) is 11.1 Å². The molecule has 1 amide bonds. The van der Waals surface area contributed by atoms with E-state index in [4.69, 9.17) is 35.9 Å². The van der Waals surface area contributed by atoms with Gasteiger partial charge in [-0.15, -0.1) is 5.10 Å². The fraction of sp³-hybridized carbons (Fsp3) is 0.343. The zero-order valence-electron chi connectivity index (χ0n) is 27.1. The lowest BCUT2D eigenvalue weighted by Crippen LogP contribution is -2.31. The Morgan fingerprint density at radius 1 is 1.06 bits per heavy atom. The van der Waals surface area contributed by atoms with Gasteiger partial charge in [0.15, 0.2) is 11.5 Å². The molecule has 1 aliphatic rings. The highest BCUT2D eigenvalue weighted by molar-refractivity contribution is 9.10. The molecule has 0 bridgehead atoms. The predicted octanol–water partition coefficient (Wildman–Crippen LogP) is 9.14. The molecule has 12 heteroatoms. The minimum atomic E-state index is -0.645. The second-order valence-corrected chi connectivity index (χ2v) is 13.5. The van der Waals surface area contributed by atoms with Crippen LogP contribution in [0.1, 0.15) is 58.2 Å². The van der Waals surface area contributed by atoms with E-state index >= 15 is 0 Å². The predicted molar refractivity (Wildman–Crippen MR) is 192 cm³/mol. The molecule has 248 valence electrons. The van der Waals surface area contributed by atoms with E-state index in [-0.39, 0.29) is 5.91 Å². The van der Waals surface area contributed by atoms with Gasteiger partial charge in [0.1, 0.15) is 11.8 Å². The average Bonchev–Trinajstić information content (AvgIpc) is 3.44. The molecule has 2 N–H and O–H groups in total. The van der Waals surface area contributed by atoms with Gasteiger partial charge in [-0.2, -0.15) is 4.98 Å². The molecular formula is C35H39BrClN5O4S. The third-order valence-electron chi connectivity index (χ3n) is 7.42. The number of para-hydroxylation sites is 2. The van der Waals surface area contributed by atoms with Crippen LogP contribution in [0, 0.1) is 5.92 Å². The molecule has 3 aromatic carbocycles. The molecule has 2 heterocycles. The molecule has 1 aromatic heterocycles. The number of hydrogen-bond acceptors (Lipinski definition) is 8. The molecule has 5 rings (SSSR count). The normalized spacial score (nSPS) is 14.1. The number of halogens is 2. The molecule has 47 heavy (non-hydrogen) atoms. The Balaban J connectivity index is 1.56. The summed E-state index contributed by atoms with van der Waals surface area (Å²) in [6, 6.07) is 18.3. The van der Waals surface area contributed by atoms with E-state index in [9.17, 15) is 4.79 Å². The summed E-state index contributed by atoms with van der Waals surface area (Å²) in [5.41, 5.74) is 3.45. The Morgan fingerprint density at radius 2 is 1.79 bits per heavy atom. The highest BCUT2D eigenvalue weighted by Gasteiger charge is 2.36. The van der Waals surface area contributed by atoms with Crippen LogP contribution in [0.5, 0.6) is 17.2 Å². The van der Waals surface area contributed by atoms with Gasteiger partial charge in [-0.1, -0.05) is 67.5 Å². The Bertz CT molecular complexity index is 1760. The molecule has 0 aliphatic carbocycles. The first-order valence-corrected chi connectivity index (χ1v) is 17.8. The minimum Gasteiger partial charge on any atom is -0.492 e. The highest BCUT2D eigenvalue weighted by Crippen LogP contribution is 2.44. The van der Waals surface area contributed by atoms with Crippen LogP contribution in [-0.4, -0.2) is 40.5 Å². The number of amides is 1. The fourth-order valence-electron chi connectivity index (χ4n) is 5.14. The van der Waals surface area contributed by atoms with Crippen molar-refractivity contribution >= 4 is 56.8 Å². The van der Waals surface area contributed by atoms with Gasteiger partial charge in [-0.3, -0.25) is 4.79 Å². The van der Waals surface area contributed by atoms with Crippen LogP contribution >= 0.6 is 39.3 Å². The van der Waals surface area contributed by atoms with Crippen molar-refractivity contribution in [3.05, 3.63) is 92.6 Å². The van der Waals surface area contributed by atoms with E-state index in [0.717, 1.165) is 22.0 Å². The summed E-state index contributed by atoms with van der Waals surface area (Å²) in [7, 11) is 0. The van der Waals surface area contributed by atoms with Crippen molar-refractivity contribution in [3.63, 3.8) is 0 Å². The van der Waals surface area contributed by atoms with Crippen LogP contribution in [0.4, 0.5) is 11.6 Å². The molecule has 0 radical (unpaired) electrons. The lowest BCUT2D eigenvalue weighted by atomic mass is 9.94. The van der Waals surface area contributed by atoms with E-state index < -0.39 is 6.04 Å². The molecule has 0 saturated carbocycles. The summed E-state index contributed by atoms with van der Waals surface area (Å²) in [6.07, 6.45) is 0.903. The van der Waals surface area contributed by atoms with Crippen molar-refractivity contribution in [2.24, 2.45) is 5.92 Å². The summed E-state index contributed by atoms with van der Waals surface area (Å²) in [4.78, 5) is 19.0. The number of thioether (sulfide) groups is 1. The van der Waals surface area contributed by atoms with Crippen LogP contribution in [-0.2, 0) is 10.5 Å². The van der Waals surface area contributed by atoms with Gasteiger partial charge in [-0.05, 0) is 90.5 Å². The largest absolute Gasteiger partial charge is 0.492 e. The van der Waals surface area contributed by atoms with Gasteiger partial charge in [0, 0.05) is 16.5 Å². The van der Waals surface area contributed by atoms with E-state index in [2.05, 4.69) is 40.4 Å². The second kappa shape index (κ2) is 16.0. The fourth-order valence-corrected chi connectivity index (χ4v) is 6.83. The van der Waals surface area contributed by atoms with E-state index in [1.54, 1.807) is 4.68 Å². The van der Waals surface area contributed by atoms with Gasteiger partial charge in [-0.25, -0.2) is 4.68 Å². The van der Waals surface area contributed by atoms with Gasteiger partial charge in [0.25, 0.3) is 5.91 Å². The van der Waals surface area contributed by atoms with Crippen molar-refractivity contribution < 1.29 is 19.0 Å². The summed E-state index contributed by atoms with van der Waals surface area (Å²) < 4.78 is 20.6. The maximum Gasteiger partial charge on any atom is 0.255 e. The number of nitrogens with zero attached hydrogens (tertiary/aromatic N) is 3. The highest BCUT2D eigenvalue weighted by atomic mass is 79.9. The Morgan fingerprint density at radius 3 is 2.53 bits per heavy atom. The van der Waals surface area contributed by atoms with Crippen LogP contribution in [0.25, 0.3) is 0 Å². The first-order chi connectivity index (χ1) is 22.7. The molecular weight excluding hydrogens is 702 g/mol. The first-order valence-electron chi connectivity index (χ1n) is 15.6. The quantitative estimate of drug-likeness (QED) is 0.124. The number of ether oxygens (including phenoxy) is 3. The number of carbonyl (C=O) groups excluding carboxylic acids is 1. The van der Waals surface area contributed by atoms with Crippen molar-refractivity contribution in [2.75, 3.05) is 30.5 Å². The summed E-state index contributed by atoms with van der Waals surface area (Å²) in [5.74, 6) is 3.09. The lowest BCUT2D eigenvalue weighted by Gasteiger charge is -2.29. The first kappa shape index (κ1) is 34.7. The average molecular weight is 741 g/mol. The summed E-state index contributed by atoms with van der Waals surface area (Å²) in [6.45, 7) is 11.5. The number of allylic oxidation sites excluding steroid dienone is 1. The molecule has 9 nitrogen and oxygen atoms in total. The molecule has 1 atom stereocenters. The maximum atomic E-state index is 14.2. The smallest absolute Gasteiger partial charge is 0.255 e. The molecule has 1 unspecified atom stereocenters. The minimum absolute atomic E-state index is 0.301. The van der Waals surface area contributed by atoms with E-state index in [1.165, 1.54) is 11.8 Å². The van der Waals surface area contributed by atoms with Gasteiger partial charge >= 0.3 is 0 Å². The van der Waals surface area contributed by atoms with Crippen LogP contribution in [0.3, 0.4) is 0 Å². The third-order valence-corrected chi connectivity index (χ3v) is 9.26. The zero-order chi connectivity index (χ0) is 33.5. The Labute approximate surface area is 293 Å². The standard InChI is InChI=1S/C35H39BrClN5O4S/c1-6-44-28-15-11-10-14-27(28)39-33(43)30-22(5)38-34-40-35(47-20-23-12-8-9-13-26(23)37)41-42(34)31(30)24-18-25(36)32(29(19-24)45-7-2)46-17-16-21(3)4/h8-15,18-19,21,31H,6-7,16-17,20H2,1-5H3,(H,39,43)(H,38,40,41). The number of carbonyl (C=O) groups is 1. The number of nitrogens with one attached hydrogen (secondary N) is 2. The number of aromatic nitrogens is 3. The summed E-state index contributed by atoms with van der Waals surface area (Å²) in [5, 5.41) is 12.5. The number of fused-ring (bicyclic) bond motifs is 1. The summed E-state index contributed by atoms with van der Waals surface area (Å²) >= 11 is 11.6. The number of hydrogen-bond donors (Lipinski definition) is 2. The van der Waals surface area contributed by atoms with Gasteiger partial charge in [0.05, 0.1) is 35.6 Å². The number of rotatable bonds is 14. The van der Waals surface area contributed by atoms with Crippen molar-refractivity contribution in [1.29, 1.82) is 0 Å². The molecule has 1 aliphatic heterocycles. The van der Waals surface area contributed by atoms with Crippen LogP contribution < -0.4 is 24.8 Å². The number of benzene rings is 3. The maximum absolute atomic E-state index is 14.2. The van der Waals surface area contributed by atoms with Crippen molar-refractivity contribution in [3.8, 4) is 17.2 Å². The van der Waals surface area contributed by atoms with E-state index in [1.807, 2.05) is 81.4 Å². The Kier molecular flexibility index (Phi) is 11.8. The van der Waals surface area contributed by atoms with Crippen LogP contribution in [0.15, 0.2) is 81.6 Å². The topological polar surface area (TPSA) is 99.5 Å². The SMILES string of the molecule is CCOc1ccccc1NC(=O)C1=C(C)Nc2nc(SCc3ccccc3Cl)nn2C1c1cc(Br)c(OCCC(C)C)c(OCC)c1. The second-order valence-electron chi connectivity index (χ2n) is 11.3. The van der Waals surface area contributed by atoms with Crippen LogP contribution in [0.2, 0.25) is 5.02 Å². The molecule has 0 spiro atoms. The molecule has 0 fully saturated rings. The third kappa shape index (κ3) is 8.25. The van der Waals surface area contributed by atoms with Crippen molar-refractivity contribution in [1.82, 2.24) is 14.8 Å². The lowest BCUT2D eigenvalue weighted by molar-refractivity contribution is -0.113. The Hall–Kier alpha value is -3.67. The monoisotopic (exact) mass is 739 g/mol. The van der Waals surface area contributed by atoms with Crippen molar-refractivity contribution in [2.45, 2.75) is 58.0 Å². The van der Waals surface area contributed by atoms with E-state index in [0.29, 0.717) is 81.8 Å². The zero-order valence-corrected chi connectivity index (χ0v) is 30.3. The number of anilines is 2. The van der Waals surface area contributed by atoms with Gasteiger partial charge < -0.3 is 24.8 Å². The molecule has 0 saturated heterocycles. The molecule has 4 aromatic rings.